The van der Waals surface area contributed by atoms with Gasteiger partial charge in [-0.1, -0.05) is 38.8 Å². The summed E-state index contributed by atoms with van der Waals surface area (Å²) in [7, 11) is 0. The smallest absolute Gasteiger partial charge is 0.188 e. The average Bonchev–Trinajstić information content (AvgIpc) is 2.98. The van der Waals surface area contributed by atoms with Gasteiger partial charge in [-0.3, -0.25) is 4.79 Å². The van der Waals surface area contributed by atoms with E-state index in [1.807, 2.05) is 0 Å². The predicted octanol–water partition coefficient (Wildman–Crippen LogP) is 3.48. The highest BCUT2D eigenvalue weighted by Gasteiger charge is 2.42. The number of aromatic nitrogens is 3. The normalized spacial score (nSPS) is 18.1. The lowest BCUT2D eigenvalue weighted by atomic mass is 9.74. The van der Waals surface area contributed by atoms with Gasteiger partial charge in [0.2, 0.25) is 0 Å². The second kappa shape index (κ2) is 5.85. The molecule has 1 saturated carbocycles. The van der Waals surface area contributed by atoms with Crippen LogP contribution >= 0.6 is 0 Å². The number of aryl methyl sites for hydroxylation is 1. The summed E-state index contributed by atoms with van der Waals surface area (Å²) in [6, 6.07) is 0. The van der Waals surface area contributed by atoms with E-state index in [2.05, 4.69) is 31.1 Å². The van der Waals surface area contributed by atoms with Gasteiger partial charge < -0.3 is 0 Å². The van der Waals surface area contributed by atoms with Crippen LogP contribution < -0.4 is 0 Å². The van der Waals surface area contributed by atoms with Crippen LogP contribution in [0.3, 0.4) is 0 Å². The van der Waals surface area contributed by atoms with Gasteiger partial charge in [-0.15, -0.1) is 5.10 Å². The fraction of sp³-hybridized carbons (Fsp3) is 0.800. The van der Waals surface area contributed by atoms with Gasteiger partial charge in [-0.25, -0.2) is 4.68 Å². The van der Waals surface area contributed by atoms with Crippen LogP contribution in [0.2, 0.25) is 0 Å². The van der Waals surface area contributed by atoms with Crippen molar-refractivity contribution in [1.82, 2.24) is 15.0 Å². The van der Waals surface area contributed by atoms with Crippen LogP contribution in [0.15, 0.2) is 6.20 Å². The maximum atomic E-state index is 13.0. The van der Waals surface area contributed by atoms with Gasteiger partial charge in [-0.05, 0) is 31.6 Å². The van der Waals surface area contributed by atoms with E-state index in [0.29, 0.717) is 11.6 Å². The Morgan fingerprint density at radius 2 is 2.11 bits per heavy atom. The topological polar surface area (TPSA) is 47.8 Å². The molecule has 0 atom stereocenters. The van der Waals surface area contributed by atoms with Gasteiger partial charge in [0, 0.05) is 12.0 Å². The number of hydrogen-bond acceptors (Lipinski definition) is 3. The first-order valence-electron chi connectivity index (χ1n) is 7.52. The van der Waals surface area contributed by atoms with Crippen molar-refractivity contribution in [3.8, 4) is 0 Å². The van der Waals surface area contributed by atoms with Crippen molar-refractivity contribution in [3.05, 3.63) is 11.9 Å². The monoisotopic (exact) mass is 263 g/mol. The lowest BCUT2D eigenvalue weighted by molar-refractivity contribution is 0.0747. The fourth-order valence-corrected chi connectivity index (χ4v) is 3.44. The molecule has 0 amide bonds. The number of Topliss-reactive ketones (excluding diaryl/α,β-unsaturated/α-hetero) is 1. The molecule has 1 aromatic heterocycles. The molecule has 1 aromatic rings. The Morgan fingerprint density at radius 1 is 1.42 bits per heavy atom. The maximum Gasteiger partial charge on any atom is 0.188 e. The third-order valence-corrected chi connectivity index (χ3v) is 4.13. The molecule has 4 heteroatoms. The van der Waals surface area contributed by atoms with Gasteiger partial charge >= 0.3 is 0 Å². The van der Waals surface area contributed by atoms with Crippen LogP contribution in [0.5, 0.6) is 0 Å². The lowest BCUT2D eigenvalue weighted by Crippen LogP contribution is -2.31. The highest BCUT2D eigenvalue weighted by molar-refractivity contribution is 5.99. The van der Waals surface area contributed by atoms with Crippen molar-refractivity contribution in [3.63, 3.8) is 0 Å². The molecule has 0 bridgehead atoms. The number of nitrogens with zero attached hydrogens (tertiary/aromatic N) is 3. The Morgan fingerprint density at radius 3 is 2.68 bits per heavy atom. The van der Waals surface area contributed by atoms with E-state index in [9.17, 15) is 4.79 Å². The summed E-state index contributed by atoms with van der Waals surface area (Å²) in [5, 5.41) is 7.99. The zero-order valence-corrected chi connectivity index (χ0v) is 12.4. The molecule has 0 aliphatic heterocycles. The van der Waals surface area contributed by atoms with Crippen molar-refractivity contribution in [2.45, 2.75) is 65.8 Å². The largest absolute Gasteiger partial charge is 0.292 e. The molecule has 106 valence electrons. The SMILES string of the molecule is CCCn1nncc1C(=O)C1(CC(C)C)CCCC1. The average molecular weight is 263 g/mol. The summed E-state index contributed by atoms with van der Waals surface area (Å²) in [6.45, 7) is 7.28. The Kier molecular flexibility index (Phi) is 4.38. The number of carbonyl (C=O) groups is 1. The zero-order chi connectivity index (χ0) is 13.9. The molecule has 0 unspecified atom stereocenters. The summed E-state index contributed by atoms with van der Waals surface area (Å²) in [4.78, 5) is 13.0. The van der Waals surface area contributed by atoms with E-state index in [1.165, 1.54) is 12.8 Å². The highest BCUT2D eigenvalue weighted by atomic mass is 16.1. The minimum Gasteiger partial charge on any atom is -0.292 e. The maximum absolute atomic E-state index is 13.0. The molecule has 4 nitrogen and oxygen atoms in total. The highest BCUT2D eigenvalue weighted by Crippen LogP contribution is 2.45. The standard InChI is InChI=1S/C15H25N3O/c1-4-9-18-13(11-16-17-18)14(19)15(10-12(2)3)7-5-6-8-15/h11-12H,4-10H2,1-3H3. The molecule has 0 saturated heterocycles. The van der Waals surface area contributed by atoms with Crippen LogP contribution in [-0.2, 0) is 6.54 Å². The van der Waals surface area contributed by atoms with E-state index in [-0.39, 0.29) is 11.2 Å². The Balaban J connectivity index is 2.26. The van der Waals surface area contributed by atoms with E-state index < -0.39 is 0 Å². The molecule has 0 aromatic carbocycles. The molecule has 1 aliphatic rings. The van der Waals surface area contributed by atoms with E-state index >= 15 is 0 Å². The molecular formula is C15H25N3O. The first-order chi connectivity index (χ1) is 9.09. The van der Waals surface area contributed by atoms with Crippen LogP contribution in [0.4, 0.5) is 0 Å². The number of rotatable bonds is 6. The number of hydrogen-bond donors (Lipinski definition) is 0. The van der Waals surface area contributed by atoms with Gasteiger partial charge in [0.25, 0.3) is 0 Å². The third-order valence-electron chi connectivity index (χ3n) is 4.13. The second-order valence-electron chi connectivity index (χ2n) is 6.26. The molecule has 2 rings (SSSR count). The van der Waals surface area contributed by atoms with Crippen molar-refractivity contribution < 1.29 is 4.79 Å². The molecule has 19 heavy (non-hydrogen) atoms. The fourth-order valence-electron chi connectivity index (χ4n) is 3.44. The van der Waals surface area contributed by atoms with Crippen molar-refractivity contribution in [2.75, 3.05) is 0 Å². The third kappa shape index (κ3) is 2.88. The van der Waals surface area contributed by atoms with Gasteiger partial charge in [0.15, 0.2) is 5.78 Å². The van der Waals surface area contributed by atoms with Crippen molar-refractivity contribution in [1.29, 1.82) is 0 Å². The van der Waals surface area contributed by atoms with E-state index in [4.69, 9.17) is 0 Å². The first kappa shape index (κ1) is 14.2. The number of ketones is 1. The van der Waals surface area contributed by atoms with Crippen LogP contribution in [0, 0.1) is 11.3 Å². The number of carbonyl (C=O) groups excluding carboxylic acids is 1. The zero-order valence-electron chi connectivity index (χ0n) is 12.4. The lowest BCUT2D eigenvalue weighted by Gasteiger charge is -2.29. The molecule has 0 radical (unpaired) electrons. The summed E-state index contributed by atoms with van der Waals surface area (Å²) in [5.41, 5.74) is 0.561. The molecule has 0 spiro atoms. The van der Waals surface area contributed by atoms with Crippen LogP contribution in [0.25, 0.3) is 0 Å². The van der Waals surface area contributed by atoms with Crippen LogP contribution in [0.1, 0.15) is 69.8 Å². The Labute approximate surface area is 115 Å². The first-order valence-corrected chi connectivity index (χ1v) is 7.52. The van der Waals surface area contributed by atoms with E-state index in [0.717, 1.165) is 32.2 Å². The van der Waals surface area contributed by atoms with Gasteiger partial charge in [-0.2, -0.15) is 0 Å². The van der Waals surface area contributed by atoms with Crippen molar-refractivity contribution in [2.24, 2.45) is 11.3 Å². The minimum atomic E-state index is -0.151. The molecule has 1 fully saturated rings. The molecule has 0 N–H and O–H groups in total. The van der Waals surface area contributed by atoms with Crippen molar-refractivity contribution >= 4 is 5.78 Å². The molecule has 1 heterocycles. The van der Waals surface area contributed by atoms with Gasteiger partial charge in [0.1, 0.15) is 5.69 Å². The summed E-state index contributed by atoms with van der Waals surface area (Å²) >= 11 is 0. The quantitative estimate of drug-likeness (QED) is 0.738. The van der Waals surface area contributed by atoms with E-state index in [1.54, 1.807) is 10.9 Å². The molecular weight excluding hydrogens is 238 g/mol. The minimum absolute atomic E-state index is 0.151. The Hall–Kier alpha value is -1.19. The van der Waals surface area contributed by atoms with Crippen LogP contribution in [-0.4, -0.2) is 20.8 Å². The predicted molar refractivity (Wildman–Crippen MR) is 75.0 cm³/mol. The Bertz CT molecular complexity index is 430. The summed E-state index contributed by atoms with van der Waals surface area (Å²) in [5.74, 6) is 0.828. The summed E-state index contributed by atoms with van der Waals surface area (Å²) < 4.78 is 1.78. The summed E-state index contributed by atoms with van der Waals surface area (Å²) in [6.07, 6.45) is 8.02. The van der Waals surface area contributed by atoms with Gasteiger partial charge in [0.05, 0.1) is 6.20 Å². The second-order valence-corrected chi connectivity index (χ2v) is 6.26. The molecule has 1 aliphatic carbocycles.